The van der Waals surface area contributed by atoms with Gasteiger partial charge in [0.25, 0.3) is 0 Å². The number of ketones is 1. The lowest BCUT2D eigenvalue weighted by Crippen LogP contribution is -2.48. The van der Waals surface area contributed by atoms with Crippen LogP contribution in [0.1, 0.15) is 85.5 Å². The second-order valence-electron chi connectivity index (χ2n) is 12.2. The zero-order valence-electron chi connectivity index (χ0n) is 21.4. The molecule has 186 valence electrons. The van der Waals surface area contributed by atoms with Crippen molar-refractivity contribution in [1.29, 1.82) is 0 Å². The van der Waals surface area contributed by atoms with Gasteiger partial charge in [0.2, 0.25) is 0 Å². The molecule has 0 amide bonds. The quantitative estimate of drug-likeness (QED) is 0.613. The lowest BCUT2D eigenvalue weighted by atomic mass is 9.53. The monoisotopic (exact) mass is 466 g/mol. The van der Waals surface area contributed by atoms with E-state index >= 15 is 0 Å². The first-order valence-electron chi connectivity index (χ1n) is 13.7. The molecule has 2 aromatic heterocycles. The van der Waals surface area contributed by atoms with Crippen LogP contribution in [0.25, 0.3) is 11.0 Å². The summed E-state index contributed by atoms with van der Waals surface area (Å²) in [6.45, 7) is 9.51. The van der Waals surface area contributed by atoms with Crippen LogP contribution in [0.2, 0.25) is 0 Å². The summed E-state index contributed by atoms with van der Waals surface area (Å²) in [4.78, 5) is 17.7. The van der Waals surface area contributed by atoms with E-state index in [0.717, 1.165) is 55.0 Å². The Labute approximate surface area is 203 Å². The Bertz CT molecular complexity index is 1030. The highest BCUT2D eigenvalue weighted by molar-refractivity contribution is 5.83. The Balaban J connectivity index is 1.31. The number of hydrogen-bond donors (Lipinski definition) is 1. The molecule has 6 heteroatoms. The van der Waals surface area contributed by atoms with Crippen molar-refractivity contribution in [2.24, 2.45) is 40.9 Å². The minimum atomic E-state index is -0.433. The van der Waals surface area contributed by atoms with Crippen molar-refractivity contribution in [2.75, 3.05) is 0 Å². The van der Waals surface area contributed by atoms with E-state index in [1.165, 1.54) is 25.7 Å². The maximum atomic E-state index is 13.6. The second kappa shape index (κ2) is 9.00. The molecule has 0 spiro atoms. The van der Waals surface area contributed by atoms with Crippen LogP contribution in [0.15, 0.2) is 18.5 Å². The Kier molecular flexibility index (Phi) is 6.33. The fourth-order valence-corrected chi connectivity index (χ4v) is 8.55. The molecule has 0 saturated heterocycles. The molecule has 0 radical (unpaired) electrons. The van der Waals surface area contributed by atoms with E-state index in [4.69, 9.17) is 0 Å². The predicted molar refractivity (Wildman–Crippen MR) is 133 cm³/mol. The summed E-state index contributed by atoms with van der Waals surface area (Å²) >= 11 is 0. The molecule has 1 N–H and O–H groups in total. The highest BCUT2D eigenvalue weighted by Gasteiger charge is 2.54. The zero-order valence-corrected chi connectivity index (χ0v) is 21.4. The SMILES string of the molecule is CC[C@H]1[C@H]([C@@H]2CC[C@H](C(=O)Cn3nnc4cnccc43)C2(C)C)CC[C@@H]2C[C@@](O)(CC)CC[C@@H]21. The first kappa shape index (κ1) is 23.9. The molecule has 0 bridgehead atoms. The third kappa shape index (κ3) is 4.00. The number of carbonyl (C=O) groups is 1. The predicted octanol–water partition coefficient (Wildman–Crippen LogP) is 5.44. The highest BCUT2D eigenvalue weighted by Crippen LogP contribution is 2.59. The molecule has 3 aliphatic rings. The molecule has 2 aromatic rings. The Hall–Kier alpha value is -1.82. The van der Waals surface area contributed by atoms with Gasteiger partial charge in [0.15, 0.2) is 5.78 Å². The van der Waals surface area contributed by atoms with Gasteiger partial charge in [-0.2, -0.15) is 0 Å². The maximum absolute atomic E-state index is 13.6. The fourth-order valence-electron chi connectivity index (χ4n) is 8.55. The first-order chi connectivity index (χ1) is 16.3. The molecular weight excluding hydrogens is 424 g/mol. The molecule has 0 unspecified atom stereocenters. The molecule has 3 aliphatic carbocycles. The van der Waals surface area contributed by atoms with Gasteiger partial charge >= 0.3 is 0 Å². The van der Waals surface area contributed by atoms with E-state index in [0.29, 0.717) is 30.1 Å². The summed E-state index contributed by atoms with van der Waals surface area (Å²) in [5, 5.41) is 19.4. The van der Waals surface area contributed by atoms with Crippen LogP contribution in [0, 0.1) is 40.9 Å². The molecule has 2 heterocycles. The van der Waals surface area contributed by atoms with Crippen LogP contribution < -0.4 is 0 Å². The largest absolute Gasteiger partial charge is 0.390 e. The fraction of sp³-hybridized carbons (Fsp3) is 0.786. The molecular formula is C28H42N4O2. The van der Waals surface area contributed by atoms with Crippen molar-refractivity contribution in [1.82, 2.24) is 20.0 Å². The Morgan fingerprint density at radius 1 is 1.15 bits per heavy atom. The lowest BCUT2D eigenvalue weighted by Gasteiger charge is -2.53. The van der Waals surface area contributed by atoms with Crippen molar-refractivity contribution in [2.45, 2.75) is 97.6 Å². The van der Waals surface area contributed by atoms with Gasteiger partial charge in [0, 0.05) is 12.1 Å². The van der Waals surface area contributed by atoms with Gasteiger partial charge in [-0.15, -0.1) is 5.10 Å². The summed E-state index contributed by atoms with van der Waals surface area (Å²) in [6.07, 6.45) is 13.3. The van der Waals surface area contributed by atoms with Crippen LogP contribution in [0.5, 0.6) is 0 Å². The first-order valence-corrected chi connectivity index (χ1v) is 13.7. The molecule has 34 heavy (non-hydrogen) atoms. The zero-order chi connectivity index (χ0) is 24.1. The number of nitrogens with zero attached hydrogens (tertiary/aromatic N) is 4. The average Bonchev–Trinajstić information content (AvgIpc) is 3.38. The van der Waals surface area contributed by atoms with Gasteiger partial charge in [0.05, 0.1) is 17.3 Å². The van der Waals surface area contributed by atoms with Crippen LogP contribution in [-0.4, -0.2) is 36.5 Å². The third-order valence-electron chi connectivity index (χ3n) is 10.4. The van der Waals surface area contributed by atoms with Gasteiger partial charge in [-0.1, -0.05) is 39.3 Å². The number of aliphatic hydroxyl groups is 1. The minimum absolute atomic E-state index is 0.00122. The van der Waals surface area contributed by atoms with E-state index in [9.17, 15) is 9.90 Å². The number of aromatic nitrogens is 4. The topological polar surface area (TPSA) is 80.9 Å². The van der Waals surface area contributed by atoms with E-state index < -0.39 is 5.60 Å². The van der Waals surface area contributed by atoms with Crippen LogP contribution in [-0.2, 0) is 11.3 Å². The summed E-state index contributed by atoms with van der Waals surface area (Å²) in [7, 11) is 0. The Morgan fingerprint density at radius 2 is 1.97 bits per heavy atom. The van der Waals surface area contributed by atoms with E-state index in [1.54, 1.807) is 17.1 Å². The molecule has 6 nitrogen and oxygen atoms in total. The molecule has 3 saturated carbocycles. The van der Waals surface area contributed by atoms with Crippen LogP contribution >= 0.6 is 0 Å². The summed E-state index contributed by atoms with van der Waals surface area (Å²) in [6, 6.07) is 1.89. The highest BCUT2D eigenvalue weighted by atomic mass is 16.3. The lowest BCUT2D eigenvalue weighted by molar-refractivity contribution is -0.128. The number of hydrogen-bond acceptors (Lipinski definition) is 5. The normalized spacial score (nSPS) is 37.6. The number of fused-ring (bicyclic) bond motifs is 2. The van der Waals surface area contributed by atoms with Crippen molar-refractivity contribution < 1.29 is 9.90 Å². The van der Waals surface area contributed by atoms with Crippen molar-refractivity contribution in [3.63, 3.8) is 0 Å². The van der Waals surface area contributed by atoms with E-state index in [-0.39, 0.29) is 11.3 Å². The smallest absolute Gasteiger partial charge is 0.157 e. The summed E-state index contributed by atoms with van der Waals surface area (Å²) in [5.41, 5.74) is 1.19. The van der Waals surface area contributed by atoms with Crippen LogP contribution in [0.3, 0.4) is 0 Å². The van der Waals surface area contributed by atoms with Crippen molar-refractivity contribution in [3.05, 3.63) is 18.5 Å². The van der Waals surface area contributed by atoms with Crippen molar-refractivity contribution in [3.8, 4) is 0 Å². The second-order valence-corrected chi connectivity index (χ2v) is 12.2. The van der Waals surface area contributed by atoms with Crippen molar-refractivity contribution >= 4 is 16.8 Å². The van der Waals surface area contributed by atoms with Gasteiger partial charge in [-0.3, -0.25) is 9.78 Å². The van der Waals surface area contributed by atoms with Crippen LogP contribution in [0.4, 0.5) is 0 Å². The van der Waals surface area contributed by atoms with E-state index in [2.05, 4.69) is 43.0 Å². The standard InChI is InChI=1S/C28H42N4O2/c1-5-19-20-11-13-28(34,6-2)15-18(20)7-8-21(19)22-9-10-23(27(22,3)4)26(33)17-32-25-12-14-29-16-24(25)30-31-32/h12,14,16,18-23,34H,5-11,13,15,17H2,1-4H3/t18-,19-,20+,21-,22+,23-,28-/m1/s1. The summed E-state index contributed by atoms with van der Waals surface area (Å²) in [5.74, 6) is 3.81. The summed E-state index contributed by atoms with van der Waals surface area (Å²) < 4.78 is 1.75. The molecule has 0 aliphatic heterocycles. The molecule has 7 atom stereocenters. The average molecular weight is 467 g/mol. The minimum Gasteiger partial charge on any atom is -0.390 e. The number of carbonyl (C=O) groups excluding carboxylic acids is 1. The molecule has 0 aromatic carbocycles. The van der Waals surface area contributed by atoms with E-state index in [1.807, 2.05) is 6.07 Å². The Morgan fingerprint density at radius 3 is 2.74 bits per heavy atom. The maximum Gasteiger partial charge on any atom is 0.157 e. The molecule has 5 rings (SSSR count). The third-order valence-corrected chi connectivity index (χ3v) is 10.4. The van der Waals surface area contributed by atoms with Gasteiger partial charge < -0.3 is 5.11 Å². The number of pyridine rings is 1. The van der Waals surface area contributed by atoms with Gasteiger partial charge in [-0.05, 0) is 92.4 Å². The number of Topliss-reactive ketones (excluding diaryl/α,β-unsaturated/α-hetero) is 1. The number of rotatable bonds is 6. The van der Waals surface area contributed by atoms with Gasteiger partial charge in [-0.25, -0.2) is 4.68 Å². The molecule has 3 fully saturated rings. The van der Waals surface area contributed by atoms with Gasteiger partial charge in [0.1, 0.15) is 12.1 Å².